The lowest BCUT2D eigenvalue weighted by molar-refractivity contribution is 0.737. The van der Waals surface area contributed by atoms with Gasteiger partial charge in [0.2, 0.25) is 0 Å². The molecule has 0 spiro atoms. The van der Waals surface area contributed by atoms with Gasteiger partial charge in [0, 0.05) is 10.6 Å². The van der Waals surface area contributed by atoms with Crippen molar-refractivity contribution in [2.75, 3.05) is 0 Å². The van der Waals surface area contributed by atoms with E-state index < -0.39 is 0 Å². The quantitative estimate of drug-likeness (QED) is 0.793. The average Bonchev–Trinajstić information content (AvgIpc) is 3.06. The topological polar surface area (TPSA) is 69.1 Å². The van der Waals surface area contributed by atoms with Gasteiger partial charge in [0.05, 0.1) is 11.7 Å². The van der Waals surface area contributed by atoms with Crippen molar-refractivity contribution in [3.63, 3.8) is 0 Å². The van der Waals surface area contributed by atoms with Gasteiger partial charge in [-0.25, -0.2) is 4.98 Å². The Morgan fingerprint density at radius 1 is 1.47 bits per heavy atom. The lowest BCUT2D eigenvalue weighted by Crippen LogP contribution is -2.19. The van der Waals surface area contributed by atoms with Crippen molar-refractivity contribution >= 4 is 17.1 Å². The van der Waals surface area contributed by atoms with Gasteiger partial charge >= 0.3 is 0 Å². The van der Waals surface area contributed by atoms with E-state index >= 15 is 0 Å². The number of aromatic nitrogens is 4. The Morgan fingerprint density at radius 3 is 3.00 bits per heavy atom. The Morgan fingerprint density at radius 2 is 2.32 bits per heavy atom. The van der Waals surface area contributed by atoms with Crippen molar-refractivity contribution < 1.29 is 0 Å². The first-order valence-electron chi connectivity index (χ1n) is 6.20. The maximum Gasteiger partial charge on any atom is 0.252 e. The second kappa shape index (κ2) is 4.71. The van der Waals surface area contributed by atoms with Crippen LogP contribution in [0.3, 0.4) is 0 Å². The molecule has 0 saturated carbocycles. The molecule has 0 aromatic carbocycles. The summed E-state index contributed by atoms with van der Waals surface area (Å²) in [4.78, 5) is 9.76. The van der Waals surface area contributed by atoms with Crippen LogP contribution >= 0.6 is 11.3 Å². The largest absolute Gasteiger partial charge is 0.318 e. The minimum atomic E-state index is -0.194. The summed E-state index contributed by atoms with van der Waals surface area (Å²) in [6.45, 7) is 4.11. The fourth-order valence-electron chi connectivity index (χ4n) is 2.37. The fourth-order valence-corrected chi connectivity index (χ4v) is 3.10. The summed E-state index contributed by atoms with van der Waals surface area (Å²) in [6.07, 6.45) is 2.40. The lowest BCUT2D eigenvalue weighted by atomic mass is 10.0. The minimum Gasteiger partial charge on any atom is -0.318 e. The van der Waals surface area contributed by atoms with E-state index in [1.165, 1.54) is 6.33 Å². The maximum absolute atomic E-state index is 6.43. The molecule has 0 aliphatic heterocycles. The molecule has 1 unspecified atom stereocenters. The highest BCUT2D eigenvalue weighted by molar-refractivity contribution is 7.10. The number of fused-ring (bicyclic) bond motifs is 1. The van der Waals surface area contributed by atoms with Gasteiger partial charge < -0.3 is 5.73 Å². The number of nitrogens with zero attached hydrogens (tertiary/aromatic N) is 4. The molecule has 3 rings (SSSR count). The molecule has 19 heavy (non-hydrogen) atoms. The Labute approximate surface area is 115 Å². The molecule has 0 radical (unpaired) electrons. The van der Waals surface area contributed by atoms with Crippen LogP contribution in [0.4, 0.5) is 0 Å². The molecular weight excluding hydrogens is 258 g/mol. The summed E-state index contributed by atoms with van der Waals surface area (Å²) < 4.78 is 1.76. The smallest absolute Gasteiger partial charge is 0.252 e. The van der Waals surface area contributed by atoms with Crippen molar-refractivity contribution in [1.29, 1.82) is 0 Å². The first-order chi connectivity index (χ1) is 9.22. The molecule has 0 bridgehead atoms. The first kappa shape index (κ1) is 12.3. The molecule has 0 fully saturated rings. The molecule has 6 heteroatoms. The summed E-state index contributed by atoms with van der Waals surface area (Å²) in [7, 11) is 0. The van der Waals surface area contributed by atoms with E-state index in [2.05, 4.69) is 22.0 Å². The SMILES string of the molecule is CCc1c(C)nc2ncnn2c1C(N)c1cccs1. The number of nitrogens with two attached hydrogens (primary N) is 1. The number of hydrogen-bond acceptors (Lipinski definition) is 5. The zero-order valence-electron chi connectivity index (χ0n) is 10.9. The van der Waals surface area contributed by atoms with Crippen LogP contribution in [-0.2, 0) is 6.42 Å². The van der Waals surface area contributed by atoms with Gasteiger partial charge in [-0.3, -0.25) is 0 Å². The second-order valence-electron chi connectivity index (χ2n) is 4.38. The van der Waals surface area contributed by atoms with Gasteiger partial charge in [-0.1, -0.05) is 13.0 Å². The Bertz CT molecular complexity index is 701. The normalized spacial score (nSPS) is 13.0. The van der Waals surface area contributed by atoms with Crippen molar-refractivity contribution in [3.05, 3.63) is 45.7 Å². The second-order valence-corrected chi connectivity index (χ2v) is 5.36. The number of thiophene rings is 1. The van der Waals surface area contributed by atoms with Gasteiger partial charge in [-0.05, 0) is 30.4 Å². The van der Waals surface area contributed by atoms with Gasteiger partial charge in [0.15, 0.2) is 0 Å². The molecule has 3 aromatic rings. The highest BCUT2D eigenvalue weighted by atomic mass is 32.1. The minimum absolute atomic E-state index is 0.194. The zero-order chi connectivity index (χ0) is 13.4. The zero-order valence-corrected chi connectivity index (χ0v) is 11.7. The summed E-state index contributed by atoms with van der Waals surface area (Å²) in [5, 5.41) is 6.30. The number of rotatable bonds is 3. The molecule has 0 amide bonds. The van der Waals surface area contributed by atoms with Crippen molar-refractivity contribution in [3.8, 4) is 0 Å². The van der Waals surface area contributed by atoms with Crippen LogP contribution in [0, 0.1) is 6.92 Å². The van der Waals surface area contributed by atoms with Crippen molar-refractivity contribution in [1.82, 2.24) is 19.6 Å². The highest BCUT2D eigenvalue weighted by Crippen LogP contribution is 2.27. The lowest BCUT2D eigenvalue weighted by Gasteiger charge is -2.17. The van der Waals surface area contributed by atoms with E-state index in [4.69, 9.17) is 5.73 Å². The van der Waals surface area contributed by atoms with Crippen molar-refractivity contribution in [2.24, 2.45) is 5.73 Å². The predicted octanol–water partition coefficient (Wildman–Crippen LogP) is 2.10. The van der Waals surface area contributed by atoms with E-state index in [0.717, 1.165) is 28.2 Å². The van der Waals surface area contributed by atoms with Gasteiger partial charge in [-0.2, -0.15) is 14.6 Å². The van der Waals surface area contributed by atoms with E-state index in [0.29, 0.717) is 5.78 Å². The third-order valence-corrected chi connectivity index (χ3v) is 4.22. The number of hydrogen-bond donors (Lipinski definition) is 1. The van der Waals surface area contributed by atoms with E-state index in [9.17, 15) is 0 Å². The summed E-state index contributed by atoms with van der Waals surface area (Å²) in [6, 6.07) is 3.87. The average molecular weight is 273 g/mol. The van der Waals surface area contributed by atoms with Crippen LogP contribution in [0.1, 0.15) is 34.8 Å². The first-order valence-corrected chi connectivity index (χ1v) is 7.08. The van der Waals surface area contributed by atoms with E-state index in [1.807, 2.05) is 24.4 Å². The van der Waals surface area contributed by atoms with Gasteiger partial charge in [0.25, 0.3) is 5.78 Å². The molecule has 0 aliphatic carbocycles. The molecular formula is C13H15N5S. The van der Waals surface area contributed by atoms with Crippen LogP contribution < -0.4 is 5.73 Å². The van der Waals surface area contributed by atoms with Gasteiger partial charge in [-0.15, -0.1) is 11.3 Å². The van der Waals surface area contributed by atoms with Crippen LogP contribution in [0.15, 0.2) is 23.8 Å². The standard InChI is InChI=1S/C13H15N5S/c1-3-9-8(2)17-13-15-7-16-18(13)12(9)11(14)10-5-4-6-19-10/h4-7,11H,3,14H2,1-2H3. The van der Waals surface area contributed by atoms with Crippen LogP contribution in [0.5, 0.6) is 0 Å². The van der Waals surface area contributed by atoms with Crippen LogP contribution in [-0.4, -0.2) is 19.6 Å². The molecule has 98 valence electrons. The summed E-state index contributed by atoms with van der Waals surface area (Å²) in [5.74, 6) is 0.608. The Hall–Kier alpha value is -1.79. The molecule has 0 aliphatic rings. The Kier molecular flexibility index (Phi) is 3.04. The summed E-state index contributed by atoms with van der Waals surface area (Å²) in [5.41, 5.74) is 9.54. The number of aryl methyl sites for hydroxylation is 1. The molecule has 5 nitrogen and oxygen atoms in total. The molecule has 0 saturated heterocycles. The van der Waals surface area contributed by atoms with Gasteiger partial charge in [0.1, 0.15) is 6.33 Å². The van der Waals surface area contributed by atoms with E-state index in [1.54, 1.807) is 15.9 Å². The predicted molar refractivity (Wildman–Crippen MR) is 75.2 cm³/mol. The molecule has 3 aromatic heterocycles. The van der Waals surface area contributed by atoms with Crippen molar-refractivity contribution in [2.45, 2.75) is 26.3 Å². The summed E-state index contributed by atoms with van der Waals surface area (Å²) >= 11 is 1.66. The van der Waals surface area contributed by atoms with Crippen LogP contribution in [0.2, 0.25) is 0 Å². The molecule has 1 atom stereocenters. The maximum atomic E-state index is 6.43. The van der Waals surface area contributed by atoms with Crippen LogP contribution in [0.25, 0.3) is 5.78 Å². The monoisotopic (exact) mass is 273 g/mol. The molecule has 2 N–H and O–H groups in total. The third kappa shape index (κ3) is 1.93. The highest BCUT2D eigenvalue weighted by Gasteiger charge is 2.20. The third-order valence-electron chi connectivity index (χ3n) is 3.27. The Balaban J connectivity index is 2.28. The molecule has 3 heterocycles. The van der Waals surface area contributed by atoms with E-state index in [-0.39, 0.29) is 6.04 Å². The fraction of sp³-hybridized carbons (Fsp3) is 0.308.